The van der Waals surface area contributed by atoms with Gasteiger partial charge in [0.25, 0.3) is 5.56 Å². The SMILES string of the molecule is O=c1cc(-c2cccnc2)ncn1CC1CCN(Cc2cnn3c2COCC3)CC1. The lowest BCUT2D eigenvalue weighted by Gasteiger charge is -2.32. The van der Waals surface area contributed by atoms with Gasteiger partial charge in [0, 0.05) is 42.7 Å². The number of ether oxygens (including phenoxy) is 1. The van der Waals surface area contributed by atoms with Crippen molar-refractivity contribution in [3.05, 3.63) is 64.7 Å². The molecule has 8 heteroatoms. The minimum atomic E-state index is -0.00204. The molecule has 1 fully saturated rings. The summed E-state index contributed by atoms with van der Waals surface area (Å²) in [5.41, 5.74) is 4.03. The summed E-state index contributed by atoms with van der Waals surface area (Å²) in [6.07, 6.45) is 9.27. The van der Waals surface area contributed by atoms with E-state index in [9.17, 15) is 4.79 Å². The Morgan fingerprint density at radius 2 is 2.07 bits per heavy atom. The number of fused-ring (bicyclic) bond motifs is 1. The summed E-state index contributed by atoms with van der Waals surface area (Å²) < 4.78 is 9.41. The van der Waals surface area contributed by atoms with Gasteiger partial charge in [-0.05, 0) is 44.0 Å². The molecule has 0 aliphatic carbocycles. The summed E-state index contributed by atoms with van der Waals surface area (Å²) in [6, 6.07) is 5.37. The van der Waals surface area contributed by atoms with Crippen LogP contribution in [0.25, 0.3) is 11.3 Å². The molecule has 0 radical (unpaired) electrons. The van der Waals surface area contributed by atoms with Crippen molar-refractivity contribution < 1.29 is 4.74 Å². The van der Waals surface area contributed by atoms with Crippen LogP contribution in [0.2, 0.25) is 0 Å². The van der Waals surface area contributed by atoms with Crippen LogP contribution in [0.5, 0.6) is 0 Å². The number of likely N-dealkylation sites (tertiary alicyclic amines) is 1. The lowest BCUT2D eigenvalue weighted by molar-refractivity contribution is 0.0782. The summed E-state index contributed by atoms with van der Waals surface area (Å²) in [4.78, 5) is 23.6. The van der Waals surface area contributed by atoms with Gasteiger partial charge in [-0.25, -0.2) is 4.98 Å². The van der Waals surface area contributed by atoms with E-state index in [-0.39, 0.29) is 5.56 Å². The van der Waals surface area contributed by atoms with Crippen molar-refractivity contribution in [2.45, 2.75) is 39.1 Å². The zero-order valence-electron chi connectivity index (χ0n) is 17.0. The Labute approximate surface area is 175 Å². The maximum Gasteiger partial charge on any atom is 0.253 e. The molecule has 5 rings (SSSR count). The molecule has 2 aliphatic rings. The molecule has 3 aromatic heterocycles. The Bertz CT molecular complexity index is 1050. The predicted molar refractivity (Wildman–Crippen MR) is 112 cm³/mol. The Morgan fingerprint density at radius 1 is 1.17 bits per heavy atom. The largest absolute Gasteiger partial charge is 0.373 e. The molecule has 0 spiro atoms. The molecule has 0 atom stereocenters. The van der Waals surface area contributed by atoms with E-state index in [4.69, 9.17) is 4.74 Å². The molecule has 3 aromatic rings. The van der Waals surface area contributed by atoms with E-state index in [0.717, 1.165) is 57.7 Å². The number of pyridine rings is 1. The first-order valence-electron chi connectivity index (χ1n) is 10.6. The lowest BCUT2D eigenvalue weighted by atomic mass is 9.96. The van der Waals surface area contributed by atoms with Crippen molar-refractivity contribution in [1.29, 1.82) is 0 Å². The van der Waals surface area contributed by atoms with Gasteiger partial charge in [0.05, 0.1) is 43.7 Å². The molecule has 0 saturated carbocycles. The maximum atomic E-state index is 12.6. The fourth-order valence-electron chi connectivity index (χ4n) is 4.34. The number of nitrogens with zero attached hydrogens (tertiary/aromatic N) is 6. The Balaban J connectivity index is 1.18. The molecule has 156 valence electrons. The lowest BCUT2D eigenvalue weighted by Crippen LogP contribution is -2.36. The minimum Gasteiger partial charge on any atom is -0.373 e. The number of rotatable bonds is 5. The summed E-state index contributed by atoms with van der Waals surface area (Å²) in [5.74, 6) is 0.495. The number of hydrogen-bond donors (Lipinski definition) is 0. The molecule has 8 nitrogen and oxygen atoms in total. The van der Waals surface area contributed by atoms with Crippen LogP contribution < -0.4 is 5.56 Å². The van der Waals surface area contributed by atoms with E-state index < -0.39 is 0 Å². The van der Waals surface area contributed by atoms with Gasteiger partial charge in [0.15, 0.2) is 0 Å². The topological polar surface area (TPSA) is 78.1 Å². The van der Waals surface area contributed by atoms with E-state index in [2.05, 4.69) is 24.6 Å². The van der Waals surface area contributed by atoms with Gasteiger partial charge in [0.2, 0.25) is 0 Å². The fourth-order valence-corrected chi connectivity index (χ4v) is 4.34. The van der Waals surface area contributed by atoms with Gasteiger partial charge in [-0.3, -0.25) is 23.9 Å². The normalized spacial score (nSPS) is 17.7. The van der Waals surface area contributed by atoms with E-state index in [0.29, 0.717) is 18.2 Å². The van der Waals surface area contributed by atoms with Crippen molar-refractivity contribution in [3.63, 3.8) is 0 Å². The molecule has 0 aromatic carbocycles. The number of aromatic nitrogens is 5. The van der Waals surface area contributed by atoms with Crippen LogP contribution in [0.4, 0.5) is 0 Å². The Morgan fingerprint density at radius 3 is 2.87 bits per heavy atom. The van der Waals surface area contributed by atoms with Gasteiger partial charge in [0.1, 0.15) is 0 Å². The molecule has 0 unspecified atom stereocenters. The van der Waals surface area contributed by atoms with Gasteiger partial charge >= 0.3 is 0 Å². The monoisotopic (exact) mass is 406 g/mol. The van der Waals surface area contributed by atoms with Gasteiger partial charge < -0.3 is 4.74 Å². The fraction of sp³-hybridized carbons (Fsp3) is 0.455. The summed E-state index contributed by atoms with van der Waals surface area (Å²) in [5, 5.41) is 4.49. The van der Waals surface area contributed by atoms with E-state index >= 15 is 0 Å². The average molecular weight is 406 g/mol. The molecular weight excluding hydrogens is 380 g/mol. The van der Waals surface area contributed by atoms with Crippen molar-refractivity contribution in [3.8, 4) is 11.3 Å². The van der Waals surface area contributed by atoms with Crippen LogP contribution in [0.3, 0.4) is 0 Å². The van der Waals surface area contributed by atoms with Crippen LogP contribution in [0, 0.1) is 5.92 Å². The second kappa shape index (κ2) is 8.49. The predicted octanol–water partition coefficient (Wildman–Crippen LogP) is 1.94. The average Bonchev–Trinajstić information content (AvgIpc) is 3.20. The zero-order chi connectivity index (χ0) is 20.3. The Hall–Kier alpha value is -2.84. The van der Waals surface area contributed by atoms with E-state index in [1.807, 2.05) is 18.3 Å². The molecule has 1 saturated heterocycles. The minimum absolute atomic E-state index is 0.00204. The quantitative estimate of drug-likeness (QED) is 0.644. The highest BCUT2D eigenvalue weighted by Crippen LogP contribution is 2.22. The summed E-state index contributed by atoms with van der Waals surface area (Å²) >= 11 is 0. The summed E-state index contributed by atoms with van der Waals surface area (Å²) in [6.45, 7) is 5.97. The van der Waals surface area contributed by atoms with Crippen LogP contribution in [0.1, 0.15) is 24.1 Å². The highest BCUT2D eigenvalue weighted by atomic mass is 16.5. The van der Waals surface area contributed by atoms with Crippen molar-refractivity contribution in [2.75, 3.05) is 19.7 Å². The van der Waals surface area contributed by atoms with Crippen LogP contribution in [-0.2, 0) is 31.0 Å². The van der Waals surface area contributed by atoms with Crippen molar-refractivity contribution in [1.82, 2.24) is 29.2 Å². The standard InChI is InChI=1S/C22H26N6O2/c29-22-10-20(18-2-1-5-23-11-18)24-16-27(22)13-17-3-6-26(7-4-17)14-19-12-25-28-8-9-30-15-21(19)28/h1-2,5,10-12,16-17H,3-4,6-9,13-15H2. The van der Waals surface area contributed by atoms with E-state index in [1.165, 1.54) is 11.3 Å². The Kier molecular flexibility index (Phi) is 5.42. The maximum absolute atomic E-state index is 12.6. The van der Waals surface area contributed by atoms with Gasteiger partial charge in [-0.15, -0.1) is 0 Å². The first-order chi connectivity index (χ1) is 14.8. The highest BCUT2D eigenvalue weighted by Gasteiger charge is 2.23. The molecular formula is C22H26N6O2. The third kappa shape index (κ3) is 4.06. The first-order valence-corrected chi connectivity index (χ1v) is 10.6. The molecule has 0 N–H and O–H groups in total. The van der Waals surface area contributed by atoms with Crippen LogP contribution >= 0.6 is 0 Å². The van der Waals surface area contributed by atoms with Crippen LogP contribution in [-0.4, -0.2) is 48.9 Å². The first kappa shape index (κ1) is 19.1. The second-order valence-electron chi connectivity index (χ2n) is 8.12. The molecule has 0 amide bonds. The summed E-state index contributed by atoms with van der Waals surface area (Å²) in [7, 11) is 0. The zero-order valence-corrected chi connectivity index (χ0v) is 17.0. The molecule has 0 bridgehead atoms. The van der Waals surface area contributed by atoms with E-state index in [1.54, 1.807) is 29.4 Å². The van der Waals surface area contributed by atoms with Crippen LogP contribution in [0.15, 0.2) is 47.9 Å². The smallest absolute Gasteiger partial charge is 0.253 e. The van der Waals surface area contributed by atoms with Crippen molar-refractivity contribution in [2.24, 2.45) is 5.92 Å². The third-order valence-electron chi connectivity index (χ3n) is 6.11. The van der Waals surface area contributed by atoms with Crippen molar-refractivity contribution >= 4 is 0 Å². The molecule has 30 heavy (non-hydrogen) atoms. The van der Waals surface area contributed by atoms with Gasteiger partial charge in [-0.1, -0.05) is 0 Å². The highest BCUT2D eigenvalue weighted by molar-refractivity contribution is 5.56. The molecule has 5 heterocycles. The number of hydrogen-bond acceptors (Lipinski definition) is 6. The molecule has 2 aliphatic heterocycles. The second-order valence-corrected chi connectivity index (χ2v) is 8.12. The number of piperidine rings is 1. The third-order valence-corrected chi connectivity index (χ3v) is 6.11. The van der Waals surface area contributed by atoms with Gasteiger partial charge in [-0.2, -0.15) is 5.10 Å².